The Balaban J connectivity index is 1.39. The second kappa shape index (κ2) is 7.40. The van der Waals surface area contributed by atoms with Crippen molar-refractivity contribution >= 4 is 11.6 Å². The SMILES string of the molecule is O[C@H](CN1CCC2(CC1)C[C@H](O)c1cc(F)ccc1O2)c1ccc(Cl)cc1. The Morgan fingerprint density at radius 3 is 2.59 bits per heavy atom. The fourth-order valence-corrected chi connectivity index (χ4v) is 4.22. The van der Waals surface area contributed by atoms with Crippen molar-refractivity contribution in [3.05, 3.63) is 64.4 Å². The largest absolute Gasteiger partial charge is 0.487 e. The minimum atomic E-state index is -0.712. The van der Waals surface area contributed by atoms with Gasteiger partial charge in [-0.25, -0.2) is 4.39 Å². The number of β-amino-alcohol motifs (C(OH)–C–C–N with tert-alkyl or cyclic N) is 1. The molecule has 0 aromatic heterocycles. The number of nitrogens with zero attached hydrogens (tertiary/aromatic N) is 1. The first-order valence-electron chi connectivity index (χ1n) is 9.27. The van der Waals surface area contributed by atoms with Crippen LogP contribution in [0.2, 0.25) is 5.02 Å². The summed E-state index contributed by atoms with van der Waals surface area (Å²) in [5.74, 6) is 0.211. The maximum atomic E-state index is 13.4. The lowest BCUT2D eigenvalue weighted by atomic mass is 9.81. The van der Waals surface area contributed by atoms with Gasteiger partial charge in [0.05, 0.1) is 12.2 Å². The predicted molar refractivity (Wildman–Crippen MR) is 101 cm³/mol. The van der Waals surface area contributed by atoms with Gasteiger partial charge in [0, 0.05) is 36.6 Å². The zero-order valence-electron chi connectivity index (χ0n) is 14.9. The topological polar surface area (TPSA) is 52.9 Å². The Hall–Kier alpha value is -1.66. The van der Waals surface area contributed by atoms with Gasteiger partial charge in [0.15, 0.2) is 0 Å². The van der Waals surface area contributed by atoms with Crippen LogP contribution in [0.1, 0.15) is 42.6 Å². The van der Waals surface area contributed by atoms with E-state index in [4.69, 9.17) is 16.3 Å². The van der Waals surface area contributed by atoms with Crippen LogP contribution < -0.4 is 4.74 Å². The van der Waals surface area contributed by atoms with Crippen molar-refractivity contribution in [2.75, 3.05) is 19.6 Å². The maximum absolute atomic E-state index is 13.4. The second-order valence-electron chi connectivity index (χ2n) is 7.56. The number of fused-ring (bicyclic) bond motifs is 1. The molecule has 4 rings (SSSR count). The summed E-state index contributed by atoms with van der Waals surface area (Å²) in [6.07, 6.45) is 0.702. The number of halogens is 2. The van der Waals surface area contributed by atoms with Gasteiger partial charge in [0.1, 0.15) is 17.2 Å². The van der Waals surface area contributed by atoms with E-state index in [0.29, 0.717) is 29.3 Å². The molecule has 2 atom stereocenters. The van der Waals surface area contributed by atoms with Crippen LogP contribution in [-0.2, 0) is 0 Å². The number of benzene rings is 2. The average Bonchev–Trinajstić information content (AvgIpc) is 2.65. The quantitative estimate of drug-likeness (QED) is 0.834. The van der Waals surface area contributed by atoms with E-state index in [0.717, 1.165) is 31.5 Å². The Bertz CT molecular complexity index is 806. The van der Waals surface area contributed by atoms with Crippen LogP contribution in [-0.4, -0.2) is 40.3 Å². The molecule has 2 aromatic carbocycles. The summed E-state index contributed by atoms with van der Waals surface area (Å²) in [5.41, 5.74) is 0.951. The Morgan fingerprint density at radius 1 is 1.19 bits per heavy atom. The number of aliphatic hydroxyl groups excluding tert-OH is 2. The van der Waals surface area contributed by atoms with Crippen molar-refractivity contribution in [1.82, 2.24) is 4.90 Å². The van der Waals surface area contributed by atoms with Crippen LogP contribution in [0.25, 0.3) is 0 Å². The van der Waals surface area contributed by atoms with Crippen LogP contribution in [0.15, 0.2) is 42.5 Å². The summed E-state index contributed by atoms with van der Waals surface area (Å²) in [5, 5.41) is 21.6. The van der Waals surface area contributed by atoms with Crippen LogP contribution in [0, 0.1) is 5.82 Å². The fraction of sp³-hybridized carbons (Fsp3) is 0.429. The van der Waals surface area contributed by atoms with Crippen molar-refractivity contribution in [2.24, 2.45) is 0 Å². The monoisotopic (exact) mass is 391 g/mol. The normalized spacial score (nSPS) is 22.9. The number of piperidine rings is 1. The lowest BCUT2D eigenvalue weighted by Gasteiger charge is -2.46. The van der Waals surface area contributed by atoms with Gasteiger partial charge in [-0.2, -0.15) is 0 Å². The van der Waals surface area contributed by atoms with E-state index in [1.165, 1.54) is 12.1 Å². The van der Waals surface area contributed by atoms with Gasteiger partial charge in [-0.1, -0.05) is 23.7 Å². The molecule has 1 fully saturated rings. The van der Waals surface area contributed by atoms with Crippen LogP contribution in [0.4, 0.5) is 4.39 Å². The smallest absolute Gasteiger partial charge is 0.126 e. The molecule has 0 amide bonds. The minimum absolute atomic E-state index is 0.363. The second-order valence-corrected chi connectivity index (χ2v) is 7.99. The molecule has 0 unspecified atom stereocenters. The molecule has 27 heavy (non-hydrogen) atoms. The summed E-state index contributed by atoms with van der Waals surface area (Å²) in [6, 6.07) is 11.6. The van der Waals surface area contributed by atoms with E-state index in [1.807, 2.05) is 12.1 Å². The molecule has 2 aromatic rings. The van der Waals surface area contributed by atoms with Gasteiger partial charge in [-0.15, -0.1) is 0 Å². The molecular weight excluding hydrogens is 369 g/mol. The Morgan fingerprint density at radius 2 is 1.89 bits per heavy atom. The third kappa shape index (κ3) is 3.97. The number of hydrogen-bond donors (Lipinski definition) is 2. The van der Waals surface area contributed by atoms with Crippen molar-refractivity contribution in [3.63, 3.8) is 0 Å². The summed E-state index contributed by atoms with van der Waals surface area (Å²) < 4.78 is 19.6. The standard InChI is InChI=1S/C21H23ClFNO3/c22-15-3-1-14(2-4-15)19(26)13-24-9-7-21(8-10-24)12-18(25)17-11-16(23)5-6-20(17)27-21/h1-6,11,18-19,25-26H,7-10,12-13H2/t18-,19+/m0/s1. The maximum Gasteiger partial charge on any atom is 0.126 e. The van der Waals surface area contributed by atoms with Crippen molar-refractivity contribution in [1.29, 1.82) is 0 Å². The molecule has 2 aliphatic rings. The number of rotatable bonds is 3. The molecule has 4 nitrogen and oxygen atoms in total. The van der Waals surface area contributed by atoms with Gasteiger partial charge in [0.25, 0.3) is 0 Å². The summed E-state index contributed by atoms with van der Waals surface area (Å²) in [7, 11) is 0. The molecule has 2 heterocycles. The first-order chi connectivity index (χ1) is 12.9. The van der Waals surface area contributed by atoms with Crippen molar-refractivity contribution < 1.29 is 19.3 Å². The first kappa shape index (κ1) is 18.7. The van der Waals surface area contributed by atoms with E-state index in [9.17, 15) is 14.6 Å². The van der Waals surface area contributed by atoms with E-state index in [1.54, 1.807) is 18.2 Å². The Labute approximate surface area is 163 Å². The molecule has 1 spiro atoms. The van der Waals surface area contributed by atoms with E-state index >= 15 is 0 Å². The summed E-state index contributed by atoms with van der Waals surface area (Å²) in [4.78, 5) is 2.21. The van der Waals surface area contributed by atoms with E-state index < -0.39 is 17.8 Å². The molecule has 0 bridgehead atoms. The molecule has 2 aliphatic heterocycles. The lowest BCUT2D eigenvalue weighted by Crippen LogP contribution is -2.51. The molecule has 0 saturated carbocycles. The highest BCUT2D eigenvalue weighted by Gasteiger charge is 2.43. The van der Waals surface area contributed by atoms with Gasteiger partial charge < -0.3 is 19.8 Å². The molecular formula is C21H23ClFNO3. The number of likely N-dealkylation sites (tertiary alicyclic amines) is 1. The van der Waals surface area contributed by atoms with Crippen molar-refractivity contribution in [2.45, 2.75) is 37.1 Å². The lowest BCUT2D eigenvalue weighted by molar-refractivity contribution is -0.0589. The summed E-state index contributed by atoms with van der Waals surface area (Å²) >= 11 is 5.90. The number of aliphatic hydroxyl groups is 2. The molecule has 6 heteroatoms. The summed E-state index contributed by atoms with van der Waals surface area (Å²) in [6.45, 7) is 2.09. The third-order valence-corrected chi connectivity index (χ3v) is 5.93. The van der Waals surface area contributed by atoms with E-state index in [2.05, 4.69) is 4.90 Å². The van der Waals surface area contributed by atoms with Crippen LogP contribution in [0.3, 0.4) is 0 Å². The van der Waals surface area contributed by atoms with Gasteiger partial charge in [-0.3, -0.25) is 0 Å². The third-order valence-electron chi connectivity index (χ3n) is 5.68. The molecule has 144 valence electrons. The molecule has 0 radical (unpaired) electrons. The highest BCUT2D eigenvalue weighted by molar-refractivity contribution is 6.30. The predicted octanol–water partition coefficient (Wildman–Crippen LogP) is 3.86. The van der Waals surface area contributed by atoms with Gasteiger partial charge in [-0.05, 0) is 48.7 Å². The van der Waals surface area contributed by atoms with Crippen LogP contribution >= 0.6 is 11.6 Å². The average molecular weight is 392 g/mol. The zero-order chi connectivity index (χ0) is 19.0. The van der Waals surface area contributed by atoms with Gasteiger partial charge >= 0.3 is 0 Å². The van der Waals surface area contributed by atoms with Gasteiger partial charge in [0.2, 0.25) is 0 Å². The Kier molecular flexibility index (Phi) is 5.12. The minimum Gasteiger partial charge on any atom is -0.487 e. The van der Waals surface area contributed by atoms with E-state index in [-0.39, 0.29) is 5.82 Å². The number of ether oxygens (including phenoxy) is 1. The highest BCUT2D eigenvalue weighted by Crippen LogP contribution is 2.44. The number of hydrogen-bond acceptors (Lipinski definition) is 4. The molecule has 1 saturated heterocycles. The van der Waals surface area contributed by atoms with Crippen LogP contribution in [0.5, 0.6) is 5.75 Å². The molecule has 0 aliphatic carbocycles. The van der Waals surface area contributed by atoms with Crippen molar-refractivity contribution in [3.8, 4) is 5.75 Å². The fourth-order valence-electron chi connectivity index (χ4n) is 4.09. The highest BCUT2D eigenvalue weighted by atomic mass is 35.5. The first-order valence-corrected chi connectivity index (χ1v) is 9.64. The molecule has 2 N–H and O–H groups in total. The zero-order valence-corrected chi connectivity index (χ0v) is 15.7.